The fourth-order valence-electron chi connectivity index (χ4n) is 4.12. The second-order valence-electron chi connectivity index (χ2n) is 9.55. The maximum Gasteiger partial charge on any atom is 0.407 e. The number of carbonyl (C=O) groups is 2. The SMILES string of the molecule is Nc1ccccc1NC(=O)c1ccc(CNC(=O)OCc2ccc([C@H]3C[C@@H]3NCC3CC3)cc2)nc1. The van der Waals surface area contributed by atoms with Crippen LogP contribution in [0.4, 0.5) is 16.2 Å². The van der Waals surface area contributed by atoms with Gasteiger partial charge >= 0.3 is 6.09 Å². The molecule has 5 N–H and O–H groups in total. The number of amides is 2. The summed E-state index contributed by atoms with van der Waals surface area (Å²) in [5, 5.41) is 9.11. The highest BCUT2D eigenvalue weighted by Gasteiger charge is 2.38. The van der Waals surface area contributed by atoms with E-state index in [4.69, 9.17) is 10.5 Å². The monoisotopic (exact) mass is 485 g/mol. The summed E-state index contributed by atoms with van der Waals surface area (Å²) in [7, 11) is 0. The summed E-state index contributed by atoms with van der Waals surface area (Å²) < 4.78 is 5.33. The number of nitrogen functional groups attached to an aromatic ring is 1. The first-order valence-corrected chi connectivity index (χ1v) is 12.4. The van der Waals surface area contributed by atoms with Crippen LogP contribution in [0.2, 0.25) is 0 Å². The number of benzene rings is 2. The summed E-state index contributed by atoms with van der Waals surface area (Å²) in [6, 6.07) is 19.3. The standard InChI is InChI=1S/C28H31N5O3/c29-24-3-1-2-4-25(24)33-27(34)21-11-12-22(30-15-21)16-32-28(35)36-17-19-7-9-20(10-8-19)23-13-26(23)31-14-18-5-6-18/h1-4,7-12,15,18,23,26,31H,5-6,13-14,16-17,29H2,(H,32,35)(H,33,34)/t23-,26+/m1/s1. The molecule has 8 nitrogen and oxygen atoms in total. The van der Waals surface area contributed by atoms with Crippen molar-refractivity contribution in [2.45, 2.75) is 44.4 Å². The van der Waals surface area contributed by atoms with Gasteiger partial charge in [0.05, 0.1) is 29.2 Å². The summed E-state index contributed by atoms with van der Waals surface area (Å²) in [5.41, 5.74) is 10.2. The molecule has 1 aromatic heterocycles. The van der Waals surface area contributed by atoms with Crippen molar-refractivity contribution in [2.24, 2.45) is 5.92 Å². The van der Waals surface area contributed by atoms with Crippen LogP contribution in [0.15, 0.2) is 66.9 Å². The van der Waals surface area contributed by atoms with Crippen LogP contribution in [0, 0.1) is 5.92 Å². The largest absolute Gasteiger partial charge is 0.445 e. The molecule has 2 aliphatic carbocycles. The summed E-state index contributed by atoms with van der Waals surface area (Å²) in [6.07, 6.45) is 4.89. The zero-order chi connectivity index (χ0) is 24.9. The molecule has 2 atom stereocenters. The molecule has 0 aliphatic heterocycles. The van der Waals surface area contributed by atoms with Gasteiger partial charge in [0.15, 0.2) is 0 Å². The molecule has 0 unspecified atom stereocenters. The van der Waals surface area contributed by atoms with E-state index < -0.39 is 6.09 Å². The zero-order valence-electron chi connectivity index (χ0n) is 20.1. The lowest BCUT2D eigenvalue weighted by molar-refractivity contribution is 0.102. The Hall–Kier alpha value is -3.91. The number of ether oxygens (including phenoxy) is 1. The number of nitrogens with two attached hydrogens (primary N) is 1. The van der Waals surface area contributed by atoms with Crippen molar-refractivity contribution in [3.8, 4) is 0 Å². The number of pyridine rings is 1. The molecule has 0 saturated heterocycles. The molecular weight excluding hydrogens is 454 g/mol. The Morgan fingerprint density at radius 3 is 2.56 bits per heavy atom. The number of nitrogens with zero attached hydrogens (tertiary/aromatic N) is 1. The van der Waals surface area contributed by atoms with Crippen molar-refractivity contribution in [1.29, 1.82) is 0 Å². The molecule has 0 radical (unpaired) electrons. The second kappa shape index (κ2) is 10.8. The third-order valence-electron chi connectivity index (χ3n) is 6.64. The molecule has 8 heteroatoms. The van der Waals surface area contributed by atoms with Crippen LogP contribution in [0.3, 0.4) is 0 Å². The quantitative estimate of drug-likeness (QED) is 0.320. The molecule has 0 spiro atoms. The van der Waals surface area contributed by atoms with E-state index in [2.05, 4.69) is 33.1 Å². The molecule has 2 aromatic carbocycles. The minimum atomic E-state index is -0.520. The molecule has 36 heavy (non-hydrogen) atoms. The van der Waals surface area contributed by atoms with Crippen LogP contribution in [0.25, 0.3) is 0 Å². The average Bonchev–Trinajstić information content (AvgIpc) is 3.82. The van der Waals surface area contributed by atoms with E-state index in [0.717, 1.165) is 18.0 Å². The predicted molar refractivity (Wildman–Crippen MR) is 138 cm³/mol. The van der Waals surface area contributed by atoms with Crippen molar-refractivity contribution in [2.75, 3.05) is 17.6 Å². The lowest BCUT2D eigenvalue weighted by Crippen LogP contribution is -2.24. The third-order valence-corrected chi connectivity index (χ3v) is 6.64. The lowest BCUT2D eigenvalue weighted by Gasteiger charge is -2.09. The van der Waals surface area contributed by atoms with Crippen molar-refractivity contribution in [3.63, 3.8) is 0 Å². The highest BCUT2D eigenvalue weighted by molar-refractivity contribution is 6.05. The average molecular weight is 486 g/mol. The van der Waals surface area contributed by atoms with E-state index in [9.17, 15) is 9.59 Å². The smallest absolute Gasteiger partial charge is 0.407 e. The summed E-state index contributed by atoms with van der Waals surface area (Å²) in [6.45, 7) is 1.55. The number of aromatic nitrogens is 1. The van der Waals surface area contributed by atoms with Gasteiger partial charge in [0.2, 0.25) is 0 Å². The van der Waals surface area contributed by atoms with Gasteiger partial charge in [0.25, 0.3) is 5.91 Å². The van der Waals surface area contributed by atoms with Gasteiger partial charge in [-0.15, -0.1) is 0 Å². The Morgan fingerprint density at radius 1 is 1.03 bits per heavy atom. The van der Waals surface area contributed by atoms with E-state index in [1.54, 1.807) is 36.4 Å². The van der Waals surface area contributed by atoms with E-state index in [1.165, 1.54) is 31.0 Å². The zero-order valence-corrected chi connectivity index (χ0v) is 20.1. The minimum absolute atomic E-state index is 0.197. The number of nitrogens with one attached hydrogen (secondary N) is 3. The van der Waals surface area contributed by atoms with Crippen LogP contribution in [0.5, 0.6) is 0 Å². The predicted octanol–water partition coefficient (Wildman–Crippen LogP) is 4.20. The van der Waals surface area contributed by atoms with Crippen molar-refractivity contribution >= 4 is 23.4 Å². The number of anilines is 2. The first-order valence-electron chi connectivity index (χ1n) is 12.4. The van der Waals surface area contributed by atoms with Crippen LogP contribution in [-0.4, -0.2) is 29.6 Å². The van der Waals surface area contributed by atoms with Gasteiger partial charge in [-0.3, -0.25) is 9.78 Å². The Morgan fingerprint density at radius 2 is 1.83 bits per heavy atom. The third kappa shape index (κ3) is 6.40. The maximum atomic E-state index is 12.4. The van der Waals surface area contributed by atoms with Gasteiger partial charge in [-0.05, 0) is 67.1 Å². The summed E-state index contributed by atoms with van der Waals surface area (Å²) >= 11 is 0. The van der Waals surface area contributed by atoms with Crippen LogP contribution < -0.4 is 21.7 Å². The van der Waals surface area contributed by atoms with Crippen molar-refractivity contribution in [1.82, 2.24) is 15.6 Å². The molecule has 0 bridgehead atoms. The Balaban J connectivity index is 1.02. The molecule has 2 amide bonds. The Bertz CT molecular complexity index is 1210. The summed E-state index contributed by atoms with van der Waals surface area (Å²) in [4.78, 5) is 28.8. The fourth-order valence-corrected chi connectivity index (χ4v) is 4.12. The Labute approximate surface area is 210 Å². The first-order chi connectivity index (χ1) is 17.5. The number of rotatable bonds is 10. The van der Waals surface area contributed by atoms with Gasteiger partial charge < -0.3 is 26.4 Å². The summed E-state index contributed by atoms with van der Waals surface area (Å²) in [5.74, 6) is 1.19. The lowest BCUT2D eigenvalue weighted by atomic mass is 10.1. The fraction of sp³-hybridized carbons (Fsp3) is 0.321. The first kappa shape index (κ1) is 23.8. The molecule has 2 aliphatic rings. The maximum absolute atomic E-state index is 12.4. The normalized spacial score (nSPS) is 18.3. The van der Waals surface area contributed by atoms with Crippen molar-refractivity contribution < 1.29 is 14.3 Å². The van der Waals surface area contributed by atoms with E-state index in [1.807, 2.05) is 12.1 Å². The van der Waals surface area contributed by atoms with E-state index in [-0.39, 0.29) is 19.1 Å². The van der Waals surface area contributed by atoms with Crippen LogP contribution in [-0.2, 0) is 17.9 Å². The molecule has 2 saturated carbocycles. The minimum Gasteiger partial charge on any atom is -0.445 e. The number of carbonyl (C=O) groups excluding carboxylic acids is 2. The highest BCUT2D eigenvalue weighted by atomic mass is 16.5. The Kier molecular flexibility index (Phi) is 7.13. The van der Waals surface area contributed by atoms with E-state index >= 15 is 0 Å². The van der Waals surface area contributed by atoms with Gasteiger partial charge in [0.1, 0.15) is 6.61 Å². The van der Waals surface area contributed by atoms with Gasteiger partial charge in [-0.25, -0.2) is 4.79 Å². The van der Waals surface area contributed by atoms with Gasteiger partial charge in [-0.2, -0.15) is 0 Å². The molecule has 1 heterocycles. The number of para-hydroxylation sites is 2. The van der Waals surface area contributed by atoms with Crippen molar-refractivity contribution in [3.05, 3.63) is 89.2 Å². The molecule has 5 rings (SSSR count). The van der Waals surface area contributed by atoms with Gasteiger partial charge in [0, 0.05) is 18.2 Å². The number of hydrogen-bond acceptors (Lipinski definition) is 6. The molecule has 3 aromatic rings. The van der Waals surface area contributed by atoms with Crippen LogP contribution >= 0.6 is 0 Å². The van der Waals surface area contributed by atoms with Gasteiger partial charge in [-0.1, -0.05) is 36.4 Å². The molecule has 2 fully saturated rings. The van der Waals surface area contributed by atoms with E-state index in [0.29, 0.717) is 34.6 Å². The van der Waals surface area contributed by atoms with Crippen LogP contribution in [0.1, 0.15) is 52.4 Å². The highest BCUT2D eigenvalue weighted by Crippen LogP contribution is 2.41. The molecular formula is C28H31N5O3. The number of hydrogen-bond donors (Lipinski definition) is 4. The number of alkyl carbamates (subject to hydrolysis) is 1. The topological polar surface area (TPSA) is 118 Å². The second-order valence-corrected chi connectivity index (χ2v) is 9.55. The molecule has 186 valence electrons.